The minimum absolute atomic E-state index is 0.400. The average molecular weight is 364 g/mol. The minimum Gasteiger partial charge on any atom is -0.355 e. The highest BCUT2D eigenvalue weighted by atomic mass is 15.3. The molecule has 0 N–H and O–H groups in total. The normalized spacial score (nSPS) is 19.5. The van der Waals surface area contributed by atoms with Crippen molar-refractivity contribution in [2.45, 2.75) is 52.0 Å². The lowest BCUT2D eigenvalue weighted by molar-refractivity contribution is 0.470. The van der Waals surface area contributed by atoms with Crippen LogP contribution in [-0.4, -0.2) is 47.6 Å². The third kappa shape index (κ3) is 2.89. The molecule has 1 saturated heterocycles. The Bertz CT molecular complexity index is 972. The molecule has 0 aliphatic carbocycles. The van der Waals surface area contributed by atoms with Crippen molar-refractivity contribution in [2.75, 3.05) is 18.0 Å². The van der Waals surface area contributed by atoms with E-state index in [1.54, 1.807) is 6.20 Å². The van der Waals surface area contributed by atoms with Crippen LogP contribution in [0.4, 0.5) is 5.82 Å². The SMILES string of the molecule is Cc1cc(C)n(-c2cncc(N3CCCC(c4nnc5n4CCC5)C3)n2)n1. The second kappa shape index (κ2) is 6.44. The van der Waals surface area contributed by atoms with Gasteiger partial charge in [-0.2, -0.15) is 5.10 Å². The van der Waals surface area contributed by atoms with E-state index < -0.39 is 0 Å². The van der Waals surface area contributed by atoms with Gasteiger partial charge in [-0.15, -0.1) is 10.2 Å². The maximum absolute atomic E-state index is 4.85. The van der Waals surface area contributed by atoms with Crippen LogP contribution in [0, 0.1) is 13.8 Å². The molecule has 8 heteroatoms. The first-order valence-corrected chi connectivity index (χ1v) is 9.71. The van der Waals surface area contributed by atoms with Crippen molar-refractivity contribution in [1.82, 2.24) is 34.5 Å². The van der Waals surface area contributed by atoms with Crippen molar-refractivity contribution in [1.29, 1.82) is 0 Å². The number of aryl methyl sites for hydroxylation is 3. The van der Waals surface area contributed by atoms with Gasteiger partial charge in [0.25, 0.3) is 0 Å². The summed E-state index contributed by atoms with van der Waals surface area (Å²) in [4.78, 5) is 11.6. The summed E-state index contributed by atoms with van der Waals surface area (Å²) in [7, 11) is 0. The lowest BCUT2D eigenvalue weighted by atomic mass is 9.97. The summed E-state index contributed by atoms with van der Waals surface area (Å²) in [5.74, 6) is 4.37. The van der Waals surface area contributed by atoms with Crippen molar-refractivity contribution in [3.05, 3.63) is 41.5 Å². The van der Waals surface area contributed by atoms with Crippen molar-refractivity contribution in [2.24, 2.45) is 0 Å². The lowest BCUT2D eigenvalue weighted by Crippen LogP contribution is -2.36. The van der Waals surface area contributed by atoms with Gasteiger partial charge in [0.05, 0.1) is 18.1 Å². The van der Waals surface area contributed by atoms with E-state index in [1.165, 1.54) is 6.42 Å². The molecule has 0 spiro atoms. The first-order valence-electron chi connectivity index (χ1n) is 9.71. The fraction of sp³-hybridized carbons (Fsp3) is 0.526. The predicted molar refractivity (Wildman–Crippen MR) is 101 cm³/mol. The molecule has 27 heavy (non-hydrogen) atoms. The molecule has 140 valence electrons. The Morgan fingerprint density at radius 1 is 1.04 bits per heavy atom. The van der Waals surface area contributed by atoms with Crippen LogP contribution >= 0.6 is 0 Å². The molecule has 5 rings (SSSR count). The molecule has 2 aliphatic heterocycles. The summed E-state index contributed by atoms with van der Waals surface area (Å²) in [6, 6.07) is 2.05. The van der Waals surface area contributed by atoms with Crippen molar-refractivity contribution < 1.29 is 0 Å². The first kappa shape index (κ1) is 16.4. The van der Waals surface area contributed by atoms with E-state index in [0.717, 1.165) is 73.6 Å². The summed E-state index contributed by atoms with van der Waals surface area (Å²) in [6.45, 7) is 6.99. The van der Waals surface area contributed by atoms with Gasteiger partial charge in [0.15, 0.2) is 5.82 Å². The Morgan fingerprint density at radius 3 is 2.78 bits per heavy atom. The number of fused-ring (bicyclic) bond motifs is 1. The van der Waals surface area contributed by atoms with Gasteiger partial charge in [0, 0.05) is 37.7 Å². The van der Waals surface area contributed by atoms with Crippen LogP contribution in [0.15, 0.2) is 18.5 Å². The van der Waals surface area contributed by atoms with Gasteiger partial charge in [0.1, 0.15) is 17.5 Å². The molecule has 0 bridgehead atoms. The molecule has 3 aromatic rings. The minimum atomic E-state index is 0.400. The number of aromatic nitrogens is 7. The smallest absolute Gasteiger partial charge is 0.174 e. The molecule has 1 fully saturated rings. The molecule has 0 saturated carbocycles. The van der Waals surface area contributed by atoms with Crippen molar-refractivity contribution in [3.63, 3.8) is 0 Å². The Morgan fingerprint density at radius 2 is 1.93 bits per heavy atom. The third-order valence-electron chi connectivity index (χ3n) is 5.58. The number of rotatable bonds is 3. The van der Waals surface area contributed by atoms with Crippen LogP contribution in [0.25, 0.3) is 5.82 Å². The van der Waals surface area contributed by atoms with Gasteiger partial charge in [-0.25, -0.2) is 9.67 Å². The van der Waals surface area contributed by atoms with Gasteiger partial charge in [-0.05, 0) is 39.2 Å². The molecule has 8 nitrogen and oxygen atoms in total. The molecule has 1 unspecified atom stereocenters. The standard InChI is InChI=1S/C19H24N8/c1-13-9-14(2)27(24-13)18-11-20-10-17(21-18)25-7-3-5-15(12-25)19-23-22-16-6-4-8-26(16)19/h9-11,15H,3-8,12H2,1-2H3. The van der Waals surface area contributed by atoms with E-state index >= 15 is 0 Å². The molecular weight excluding hydrogens is 340 g/mol. The second-order valence-corrected chi connectivity index (χ2v) is 7.59. The highest BCUT2D eigenvalue weighted by Gasteiger charge is 2.29. The maximum Gasteiger partial charge on any atom is 0.174 e. The molecule has 0 amide bonds. The Kier molecular flexibility index (Phi) is 3.91. The van der Waals surface area contributed by atoms with E-state index in [2.05, 4.69) is 35.8 Å². The van der Waals surface area contributed by atoms with Gasteiger partial charge < -0.3 is 9.47 Å². The molecule has 1 atom stereocenters. The van der Waals surface area contributed by atoms with E-state index in [0.29, 0.717) is 5.92 Å². The van der Waals surface area contributed by atoms with Crippen LogP contribution in [0.2, 0.25) is 0 Å². The summed E-state index contributed by atoms with van der Waals surface area (Å²) >= 11 is 0. The third-order valence-corrected chi connectivity index (χ3v) is 5.58. The van der Waals surface area contributed by atoms with E-state index in [9.17, 15) is 0 Å². The molecule has 0 radical (unpaired) electrons. The molecule has 3 aromatic heterocycles. The van der Waals surface area contributed by atoms with Gasteiger partial charge in [-0.1, -0.05) is 0 Å². The van der Waals surface area contributed by atoms with E-state index in [4.69, 9.17) is 4.98 Å². The molecular formula is C19H24N8. The Hall–Kier alpha value is -2.77. The first-order chi connectivity index (χ1) is 13.2. The number of piperidine rings is 1. The Labute approximate surface area is 158 Å². The van der Waals surface area contributed by atoms with E-state index in [-0.39, 0.29) is 0 Å². The van der Waals surface area contributed by atoms with Crippen LogP contribution < -0.4 is 4.90 Å². The quantitative estimate of drug-likeness (QED) is 0.709. The summed E-state index contributed by atoms with van der Waals surface area (Å²) in [5, 5.41) is 13.4. The highest BCUT2D eigenvalue weighted by molar-refractivity contribution is 5.41. The number of hydrogen-bond donors (Lipinski definition) is 0. The largest absolute Gasteiger partial charge is 0.355 e. The molecule has 0 aromatic carbocycles. The van der Waals surface area contributed by atoms with Crippen molar-refractivity contribution >= 4 is 5.82 Å². The highest BCUT2D eigenvalue weighted by Crippen LogP contribution is 2.30. The van der Waals surface area contributed by atoms with Crippen molar-refractivity contribution in [3.8, 4) is 5.82 Å². The monoisotopic (exact) mass is 364 g/mol. The topological polar surface area (TPSA) is 77.5 Å². The number of anilines is 1. The number of hydrogen-bond acceptors (Lipinski definition) is 6. The fourth-order valence-corrected chi connectivity index (χ4v) is 4.33. The van der Waals surface area contributed by atoms with Crippen LogP contribution in [-0.2, 0) is 13.0 Å². The average Bonchev–Trinajstić information content (AvgIpc) is 3.37. The lowest BCUT2D eigenvalue weighted by Gasteiger charge is -2.33. The van der Waals surface area contributed by atoms with Crippen LogP contribution in [0.5, 0.6) is 0 Å². The zero-order chi connectivity index (χ0) is 18.4. The maximum atomic E-state index is 4.85. The zero-order valence-corrected chi connectivity index (χ0v) is 15.8. The Balaban J connectivity index is 1.41. The zero-order valence-electron chi connectivity index (χ0n) is 15.8. The van der Waals surface area contributed by atoms with Gasteiger partial charge >= 0.3 is 0 Å². The van der Waals surface area contributed by atoms with Crippen LogP contribution in [0.1, 0.15) is 48.2 Å². The summed E-state index contributed by atoms with van der Waals surface area (Å²) in [6.07, 6.45) is 8.14. The molecule has 5 heterocycles. The number of nitrogens with zero attached hydrogens (tertiary/aromatic N) is 8. The van der Waals surface area contributed by atoms with Gasteiger partial charge in [-0.3, -0.25) is 4.98 Å². The second-order valence-electron chi connectivity index (χ2n) is 7.59. The summed E-state index contributed by atoms with van der Waals surface area (Å²) in [5.41, 5.74) is 2.05. The van der Waals surface area contributed by atoms with Gasteiger partial charge in [0.2, 0.25) is 0 Å². The van der Waals surface area contributed by atoms with E-state index in [1.807, 2.05) is 24.7 Å². The summed E-state index contributed by atoms with van der Waals surface area (Å²) < 4.78 is 4.19. The van der Waals surface area contributed by atoms with Crippen LogP contribution in [0.3, 0.4) is 0 Å². The predicted octanol–water partition coefficient (Wildman–Crippen LogP) is 2.20. The molecule has 2 aliphatic rings. The fourth-order valence-electron chi connectivity index (χ4n) is 4.33.